The number of nitrogens with zero attached hydrogens (tertiary/aromatic N) is 1. The molecule has 1 aromatic carbocycles. The summed E-state index contributed by atoms with van der Waals surface area (Å²) >= 11 is 0. The molecule has 0 heterocycles. The van der Waals surface area contributed by atoms with Crippen molar-refractivity contribution in [3.63, 3.8) is 0 Å². The van der Waals surface area contributed by atoms with E-state index in [4.69, 9.17) is 0 Å². The van der Waals surface area contributed by atoms with E-state index in [-0.39, 0.29) is 18.2 Å². The molecule has 2 nitrogen and oxygen atoms in total. The highest BCUT2D eigenvalue weighted by atomic mass is 19.2. The van der Waals surface area contributed by atoms with Gasteiger partial charge in [0, 0.05) is 30.8 Å². The van der Waals surface area contributed by atoms with Crippen molar-refractivity contribution < 1.29 is 18.3 Å². The maximum Gasteiger partial charge on any atom is 0.161 e. The number of hydrogen-bond acceptors (Lipinski definition) is 2. The summed E-state index contributed by atoms with van der Waals surface area (Å²) in [6.07, 6.45) is -0.569. The van der Waals surface area contributed by atoms with Crippen LogP contribution in [0.4, 0.5) is 13.2 Å². The molecule has 0 fully saturated rings. The molecular formula is C13H18F3NO. The van der Waals surface area contributed by atoms with Crippen LogP contribution >= 0.6 is 0 Å². The zero-order valence-corrected chi connectivity index (χ0v) is 10.8. The number of benzene rings is 1. The number of aliphatic hydroxyl groups excluding tert-OH is 1. The average Bonchev–Trinajstić information content (AvgIpc) is 2.23. The quantitative estimate of drug-likeness (QED) is 0.824. The van der Waals surface area contributed by atoms with Crippen molar-refractivity contribution in [1.29, 1.82) is 0 Å². The Hall–Kier alpha value is -1.07. The van der Waals surface area contributed by atoms with E-state index in [0.29, 0.717) is 12.6 Å². The second-order valence-electron chi connectivity index (χ2n) is 4.73. The van der Waals surface area contributed by atoms with Gasteiger partial charge in [0.05, 0.1) is 6.10 Å². The summed E-state index contributed by atoms with van der Waals surface area (Å²) in [4.78, 5) is 1.79. The minimum atomic E-state index is -1.19. The van der Waals surface area contributed by atoms with E-state index < -0.39 is 23.6 Å². The summed E-state index contributed by atoms with van der Waals surface area (Å²) in [6, 6.07) is 1.47. The second kappa shape index (κ2) is 6.20. The van der Waals surface area contributed by atoms with Gasteiger partial charge in [-0.15, -0.1) is 0 Å². The van der Waals surface area contributed by atoms with Gasteiger partial charge in [0.2, 0.25) is 0 Å². The number of rotatable bonds is 5. The highest BCUT2D eigenvalue weighted by Gasteiger charge is 2.16. The van der Waals surface area contributed by atoms with Crippen LogP contribution in [-0.2, 0) is 6.54 Å². The molecule has 0 saturated carbocycles. The lowest BCUT2D eigenvalue weighted by molar-refractivity contribution is 0.102. The normalized spacial score (nSPS) is 13.4. The molecular weight excluding hydrogens is 243 g/mol. The Balaban J connectivity index is 2.90. The van der Waals surface area contributed by atoms with Gasteiger partial charge < -0.3 is 5.11 Å². The molecule has 0 amide bonds. The third kappa shape index (κ3) is 3.99. The van der Waals surface area contributed by atoms with Crippen molar-refractivity contribution in [1.82, 2.24) is 4.90 Å². The van der Waals surface area contributed by atoms with Gasteiger partial charge in [0.25, 0.3) is 0 Å². The summed E-state index contributed by atoms with van der Waals surface area (Å²) in [5.41, 5.74) is 0.0863. The van der Waals surface area contributed by atoms with Crippen molar-refractivity contribution in [2.24, 2.45) is 0 Å². The fourth-order valence-electron chi connectivity index (χ4n) is 1.70. The molecule has 18 heavy (non-hydrogen) atoms. The minimum Gasteiger partial charge on any atom is -0.392 e. The number of halogens is 3. The first-order chi connectivity index (χ1) is 8.31. The van der Waals surface area contributed by atoms with E-state index in [2.05, 4.69) is 0 Å². The molecule has 1 rings (SSSR count). The van der Waals surface area contributed by atoms with Crippen molar-refractivity contribution in [3.05, 3.63) is 35.1 Å². The van der Waals surface area contributed by atoms with Gasteiger partial charge in [-0.3, -0.25) is 4.90 Å². The Labute approximate surface area is 105 Å². The summed E-state index contributed by atoms with van der Waals surface area (Å²) in [7, 11) is 0. The Bertz CT molecular complexity index is 407. The largest absolute Gasteiger partial charge is 0.392 e. The van der Waals surface area contributed by atoms with Crippen molar-refractivity contribution in [2.45, 2.75) is 39.5 Å². The zero-order chi connectivity index (χ0) is 13.9. The van der Waals surface area contributed by atoms with Gasteiger partial charge in [-0.2, -0.15) is 0 Å². The van der Waals surface area contributed by atoms with Crippen molar-refractivity contribution in [3.8, 4) is 0 Å². The first-order valence-corrected chi connectivity index (χ1v) is 5.86. The van der Waals surface area contributed by atoms with Crippen LogP contribution in [0.25, 0.3) is 0 Å². The fraction of sp³-hybridized carbons (Fsp3) is 0.538. The molecule has 1 atom stereocenters. The van der Waals surface area contributed by atoms with Gasteiger partial charge in [-0.05, 0) is 26.8 Å². The standard InChI is InChI=1S/C13H18F3NO/c1-8(2)17(6-9(3)18)7-10-4-12(15)13(16)5-11(10)14/h4-5,8-9,18H,6-7H2,1-3H3. The van der Waals surface area contributed by atoms with Gasteiger partial charge in [0.1, 0.15) is 5.82 Å². The van der Waals surface area contributed by atoms with E-state index in [1.54, 1.807) is 11.8 Å². The van der Waals surface area contributed by atoms with Crippen LogP contribution in [0.3, 0.4) is 0 Å². The molecule has 0 aliphatic carbocycles. The molecule has 102 valence electrons. The zero-order valence-electron chi connectivity index (χ0n) is 10.8. The molecule has 0 saturated heterocycles. The summed E-state index contributed by atoms with van der Waals surface area (Å²) in [6.45, 7) is 5.87. The smallest absolute Gasteiger partial charge is 0.161 e. The van der Waals surface area contributed by atoms with Crippen LogP contribution in [0.2, 0.25) is 0 Å². The lowest BCUT2D eigenvalue weighted by Crippen LogP contribution is -2.36. The Kier molecular flexibility index (Phi) is 5.16. The van der Waals surface area contributed by atoms with E-state index in [1.165, 1.54) is 0 Å². The van der Waals surface area contributed by atoms with Crippen LogP contribution in [0.15, 0.2) is 12.1 Å². The first-order valence-electron chi connectivity index (χ1n) is 5.86. The summed E-state index contributed by atoms with van der Waals surface area (Å²) in [5, 5.41) is 9.35. The molecule has 0 aliphatic heterocycles. The maximum atomic E-state index is 13.5. The summed E-state index contributed by atoms with van der Waals surface area (Å²) in [5.74, 6) is -3.03. The average molecular weight is 261 g/mol. The SMILES string of the molecule is CC(O)CN(Cc1cc(F)c(F)cc1F)C(C)C. The lowest BCUT2D eigenvalue weighted by Gasteiger charge is -2.27. The van der Waals surface area contributed by atoms with Gasteiger partial charge in [0.15, 0.2) is 11.6 Å². The maximum absolute atomic E-state index is 13.5. The predicted molar refractivity (Wildman–Crippen MR) is 63.5 cm³/mol. The predicted octanol–water partition coefficient (Wildman–Crippen LogP) is 2.70. The van der Waals surface area contributed by atoms with Crippen molar-refractivity contribution >= 4 is 0 Å². The van der Waals surface area contributed by atoms with Crippen molar-refractivity contribution in [2.75, 3.05) is 6.54 Å². The van der Waals surface area contributed by atoms with Gasteiger partial charge in [-0.1, -0.05) is 0 Å². The molecule has 1 N–H and O–H groups in total. The third-order valence-electron chi connectivity index (χ3n) is 2.69. The topological polar surface area (TPSA) is 23.5 Å². The molecule has 0 spiro atoms. The van der Waals surface area contributed by atoms with Crippen LogP contribution < -0.4 is 0 Å². The first kappa shape index (κ1) is 15.0. The van der Waals surface area contributed by atoms with Crippen LogP contribution in [-0.4, -0.2) is 28.7 Å². The number of hydrogen-bond donors (Lipinski definition) is 1. The highest BCUT2D eigenvalue weighted by Crippen LogP contribution is 2.17. The van der Waals surface area contributed by atoms with E-state index in [1.807, 2.05) is 13.8 Å². The Morgan fingerprint density at radius 3 is 2.11 bits per heavy atom. The molecule has 0 bridgehead atoms. The lowest BCUT2D eigenvalue weighted by atomic mass is 10.1. The fourth-order valence-corrected chi connectivity index (χ4v) is 1.70. The Morgan fingerprint density at radius 2 is 1.61 bits per heavy atom. The second-order valence-corrected chi connectivity index (χ2v) is 4.73. The van der Waals surface area contributed by atoms with E-state index >= 15 is 0 Å². The molecule has 0 radical (unpaired) electrons. The molecule has 1 unspecified atom stereocenters. The van der Waals surface area contributed by atoms with Gasteiger partial charge in [-0.25, -0.2) is 13.2 Å². The Morgan fingerprint density at radius 1 is 1.06 bits per heavy atom. The van der Waals surface area contributed by atoms with E-state index in [9.17, 15) is 18.3 Å². The summed E-state index contributed by atoms with van der Waals surface area (Å²) < 4.78 is 39.4. The van der Waals surface area contributed by atoms with Crippen LogP contribution in [0.5, 0.6) is 0 Å². The van der Waals surface area contributed by atoms with Crippen LogP contribution in [0.1, 0.15) is 26.3 Å². The number of aliphatic hydroxyl groups is 1. The molecule has 0 aromatic heterocycles. The van der Waals surface area contributed by atoms with E-state index in [0.717, 1.165) is 6.07 Å². The highest BCUT2D eigenvalue weighted by molar-refractivity contribution is 5.20. The molecule has 1 aromatic rings. The van der Waals surface area contributed by atoms with Gasteiger partial charge >= 0.3 is 0 Å². The molecule has 5 heteroatoms. The minimum absolute atomic E-state index is 0.0621. The third-order valence-corrected chi connectivity index (χ3v) is 2.69. The van der Waals surface area contributed by atoms with Crippen LogP contribution in [0, 0.1) is 17.5 Å². The molecule has 0 aliphatic rings. The monoisotopic (exact) mass is 261 g/mol.